The number of hydrogen-bond donors (Lipinski definition) is 2. The smallest absolute Gasteiger partial charge is 0.0653 e. The Kier molecular flexibility index (Phi) is 3.54. The molecular weight excluding hydrogens is 202 g/mol. The van der Waals surface area contributed by atoms with Crippen LogP contribution in [0.1, 0.15) is 12.5 Å². The van der Waals surface area contributed by atoms with Gasteiger partial charge in [0.2, 0.25) is 0 Å². The Morgan fingerprint density at radius 1 is 1.50 bits per heavy atom. The molecule has 0 fully saturated rings. The highest BCUT2D eigenvalue weighted by molar-refractivity contribution is 5.78. The summed E-state index contributed by atoms with van der Waals surface area (Å²) in [6.07, 6.45) is 1.83. The summed E-state index contributed by atoms with van der Waals surface area (Å²) in [6, 6.07) is 6.68. The minimum absolute atomic E-state index is 0.363. The highest BCUT2D eigenvalue weighted by Gasteiger charge is 2.01. The van der Waals surface area contributed by atoms with Crippen molar-refractivity contribution in [3.05, 3.63) is 30.0 Å². The lowest BCUT2D eigenvalue weighted by Crippen LogP contribution is -2.29. The van der Waals surface area contributed by atoms with Crippen LogP contribution in [0.15, 0.2) is 24.4 Å². The molecule has 0 aliphatic rings. The summed E-state index contributed by atoms with van der Waals surface area (Å²) < 4.78 is 5.07. The summed E-state index contributed by atoms with van der Waals surface area (Å²) in [5, 5.41) is 11.5. The molecule has 4 heteroatoms. The minimum Gasteiger partial charge on any atom is -0.383 e. The summed E-state index contributed by atoms with van der Waals surface area (Å²) in [5.41, 5.74) is 2.33. The van der Waals surface area contributed by atoms with Gasteiger partial charge in [-0.15, -0.1) is 0 Å². The van der Waals surface area contributed by atoms with Crippen LogP contribution in [0.5, 0.6) is 0 Å². The van der Waals surface area contributed by atoms with E-state index in [0.29, 0.717) is 6.04 Å². The molecule has 0 amide bonds. The van der Waals surface area contributed by atoms with Crippen LogP contribution in [0.4, 0.5) is 0 Å². The zero-order valence-electron chi connectivity index (χ0n) is 9.66. The lowest BCUT2D eigenvalue weighted by Gasteiger charge is -2.12. The van der Waals surface area contributed by atoms with Crippen LogP contribution in [0.25, 0.3) is 10.9 Å². The van der Waals surface area contributed by atoms with E-state index in [0.717, 1.165) is 24.1 Å². The van der Waals surface area contributed by atoms with Crippen LogP contribution < -0.4 is 5.32 Å². The van der Waals surface area contributed by atoms with Crippen molar-refractivity contribution in [2.24, 2.45) is 0 Å². The Bertz CT molecular complexity index is 452. The molecular formula is C12H17N3O. The summed E-state index contributed by atoms with van der Waals surface area (Å²) in [5.74, 6) is 0. The number of H-pyrrole nitrogens is 1. The van der Waals surface area contributed by atoms with Gasteiger partial charge in [-0.3, -0.25) is 5.10 Å². The molecule has 1 atom stereocenters. The van der Waals surface area contributed by atoms with Crippen molar-refractivity contribution >= 4 is 10.9 Å². The van der Waals surface area contributed by atoms with E-state index in [9.17, 15) is 0 Å². The molecule has 2 aromatic rings. The minimum atomic E-state index is 0.363. The van der Waals surface area contributed by atoms with E-state index in [1.807, 2.05) is 6.20 Å². The highest BCUT2D eigenvalue weighted by atomic mass is 16.5. The predicted octanol–water partition coefficient (Wildman–Crippen LogP) is 1.69. The average molecular weight is 219 g/mol. The molecule has 0 spiro atoms. The Hall–Kier alpha value is -1.39. The van der Waals surface area contributed by atoms with Gasteiger partial charge in [0.1, 0.15) is 0 Å². The number of nitrogens with one attached hydrogen (secondary N) is 2. The third kappa shape index (κ3) is 2.59. The molecule has 16 heavy (non-hydrogen) atoms. The molecule has 1 unspecified atom stereocenters. The van der Waals surface area contributed by atoms with E-state index >= 15 is 0 Å². The van der Waals surface area contributed by atoms with Crippen LogP contribution in [0.2, 0.25) is 0 Å². The van der Waals surface area contributed by atoms with Gasteiger partial charge in [-0.2, -0.15) is 5.10 Å². The molecule has 2 rings (SSSR count). The number of aromatic nitrogens is 2. The molecule has 1 heterocycles. The third-order valence-corrected chi connectivity index (χ3v) is 2.58. The molecule has 1 aromatic heterocycles. The standard InChI is InChI=1S/C12H17N3O/c1-9(8-16-2)13-6-10-3-4-11-7-14-15-12(11)5-10/h3-5,7,9,13H,6,8H2,1-2H3,(H,14,15). The monoisotopic (exact) mass is 219 g/mol. The van der Waals surface area contributed by atoms with Crippen molar-refractivity contribution in [1.82, 2.24) is 15.5 Å². The first kappa shape index (κ1) is 11.1. The first-order valence-electron chi connectivity index (χ1n) is 5.44. The van der Waals surface area contributed by atoms with Gasteiger partial charge in [0.05, 0.1) is 18.3 Å². The van der Waals surface area contributed by atoms with E-state index in [1.54, 1.807) is 7.11 Å². The van der Waals surface area contributed by atoms with E-state index in [1.165, 1.54) is 5.56 Å². The fourth-order valence-electron chi connectivity index (χ4n) is 1.70. The lowest BCUT2D eigenvalue weighted by atomic mass is 10.1. The molecule has 0 bridgehead atoms. The molecule has 0 saturated heterocycles. The van der Waals surface area contributed by atoms with Crippen molar-refractivity contribution in [1.29, 1.82) is 0 Å². The maximum Gasteiger partial charge on any atom is 0.0653 e. The zero-order valence-corrected chi connectivity index (χ0v) is 9.66. The maximum absolute atomic E-state index is 5.07. The maximum atomic E-state index is 5.07. The first-order valence-corrected chi connectivity index (χ1v) is 5.44. The number of benzene rings is 1. The van der Waals surface area contributed by atoms with Gasteiger partial charge in [-0.05, 0) is 18.6 Å². The quantitative estimate of drug-likeness (QED) is 0.804. The fraction of sp³-hybridized carbons (Fsp3) is 0.417. The average Bonchev–Trinajstić information content (AvgIpc) is 2.74. The molecule has 0 radical (unpaired) electrons. The second-order valence-corrected chi connectivity index (χ2v) is 4.03. The highest BCUT2D eigenvalue weighted by Crippen LogP contribution is 2.12. The molecule has 4 nitrogen and oxygen atoms in total. The van der Waals surface area contributed by atoms with Crippen molar-refractivity contribution in [3.8, 4) is 0 Å². The predicted molar refractivity (Wildman–Crippen MR) is 64.3 cm³/mol. The molecule has 0 saturated carbocycles. The number of methoxy groups -OCH3 is 1. The molecule has 0 aliphatic heterocycles. The zero-order chi connectivity index (χ0) is 11.4. The molecule has 0 aliphatic carbocycles. The van der Waals surface area contributed by atoms with Gasteiger partial charge < -0.3 is 10.1 Å². The van der Waals surface area contributed by atoms with Gasteiger partial charge in [0.15, 0.2) is 0 Å². The van der Waals surface area contributed by atoms with E-state index in [4.69, 9.17) is 4.74 Å². The second kappa shape index (κ2) is 5.09. The Morgan fingerprint density at radius 2 is 2.38 bits per heavy atom. The van der Waals surface area contributed by atoms with E-state index in [-0.39, 0.29) is 0 Å². The topological polar surface area (TPSA) is 49.9 Å². The van der Waals surface area contributed by atoms with Crippen molar-refractivity contribution in [2.75, 3.05) is 13.7 Å². The number of fused-ring (bicyclic) bond motifs is 1. The normalized spacial score (nSPS) is 13.1. The van der Waals surface area contributed by atoms with Crippen LogP contribution in [-0.2, 0) is 11.3 Å². The van der Waals surface area contributed by atoms with Crippen molar-refractivity contribution < 1.29 is 4.74 Å². The van der Waals surface area contributed by atoms with Crippen LogP contribution in [0, 0.1) is 0 Å². The first-order chi connectivity index (χ1) is 7.79. The Balaban J connectivity index is 1.98. The fourth-order valence-corrected chi connectivity index (χ4v) is 1.70. The Morgan fingerprint density at radius 3 is 3.19 bits per heavy atom. The van der Waals surface area contributed by atoms with Gasteiger partial charge in [-0.1, -0.05) is 12.1 Å². The van der Waals surface area contributed by atoms with E-state index < -0.39 is 0 Å². The Labute approximate surface area is 95.0 Å². The summed E-state index contributed by atoms with van der Waals surface area (Å²) in [4.78, 5) is 0. The van der Waals surface area contributed by atoms with Gasteiger partial charge >= 0.3 is 0 Å². The summed E-state index contributed by atoms with van der Waals surface area (Å²) in [7, 11) is 1.72. The van der Waals surface area contributed by atoms with Crippen molar-refractivity contribution in [3.63, 3.8) is 0 Å². The number of rotatable bonds is 5. The summed E-state index contributed by atoms with van der Waals surface area (Å²) in [6.45, 7) is 3.68. The molecule has 86 valence electrons. The van der Waals surface area contributed by atoms with Gasteiger partial charge in [0, 0.05) is 25.1 Å². The van der Waals surface area contributed by atoms with Crippen molar-refractivity contribution in [2.45, 2.75) is 19.5 Å². The lowest BCUT2D eigenvalue weighted by molar-refractivity contribution is 0.171. The van der Waals surface area contributed by atoms with Crippen LogP contribution in [0.3, 0.4) is 0 Å². The molecule has 1 aromatic carbocycles. The van der Waals surface area contributed by atoms with Gasteiger partial charge in [-0.25, -0.2) is 0 Å². The van der Waals surface area contributed by atoms with E-state index in [2.05, 4.69) is 40.6 Å². The largest absolute Gasteiger partial charge is 0.383 e. The molecule has 2 N–H and O–H groups in total. The number of hydrogen-bond acceptors (Lipinski definition) is 3. The number of aromatic amines is 1. The number of nitrogens with zero attached hydrogens (tertiary/aromatic N) is 1. The van der Waals surface area contributed by atoms with Gasteiger partial charge in [0.25, 0.3) is 0 Å². The van der Waals surface area contributed by atoms with Crippen LogP contribution >= 0.6 is 0 Å². The third-order valence-electron chi connectivity index (χ3n) is 2.58. The summed E-state index contributed by atoms with van der Waals surface area (Å²) >= 11 is 0. The second-order valence-electron chi connectivity index (χ2n) is 4.03. The SMILES string of the molecule is COCC(C)NCc1ccc2cn[nH]c2c1. The van der Waals surface area contributed by atoms with Crippen LogP contribution in [-0.4, -0.2) is 30.0 Å². The number of ether oxygens (including phenoxy) is 1.